The fourth-order valence-corrected chi connectivity index (χ4v) is 4.05. The van der Waals surface area contributed by atoms with Gasteiger partial charge in [-0.15, -0.1) is 0 Å². The van der Waals surface area contributed by atoms with Crippen molar-refractivity contribution in [3.8, 4) is 0 Å². The van der Waals surface area contributed by atoms with Crippen molar-refractivity contribution < 1.29 is 9.18 Å². The Morgan fingerprint density at radius 2 is 2.00 bits per heavy atom. The quantitative estimate of drug-likeness (QED) is 0.831. The molecule has 2 aromatic carbocycles. The van der Waals surface area contributed by atoms with E-state index in [1.807, 2.05) is 23.1 Å². The van der Waals surface area contributed by atoms with Crippen LogP contribution < -0.4 is 5.32 Å². The average Bonchev–Trinajstić information content (AvgIpc) is 3.57. The first-order valence-corrected chi connectivity index (χ1v) is 10.3. The van der Waals surface area contributed by atoms with Gasteiger partial charge in [0, 0.05) is 37.8 Å². The molecule has 1 saturated heterocycles. The highest BCUT2D eigenvalue weighted by molar-refractivity contribution is 5.94. The summed E-state index contributed by atoms with van der Waals surface area (Å²) in [6, 6.07) is 15.1. The van der Waals surface area contributed by atoms with Crippen LogP contribution in [0.1, 0.15) is 47.3 Å². The largest absolute Gasteiger partial charge is 0.329 e. The SMILES string of the molecule is CCN(Cc1ccc(C(=O)N2CCNCC2c2cccc(F)c2)cc1)C1CC1. The lowest BCUT2D eigenvalue weighted by molar-refractivity contribution is 0.0634. The van der Waals surface area contributed by atoms with Crippen molar-refractivity contribution in [2.45, 2.75) is 38.4 Å². The Kier molecular flexibility index (Phi) is 5.74. The van der Waals surface area contributed by atoms with Crippen molar-refractivity contribution in [1.82, 2.24) is 15.1 Å². The topological polar surface area (TPSA) is 35.6 Å². The predicted molar refractivity (Wildman–Crippen MR) is 109 cm³/mol. The molecule has 1 heterocycles. The van der Waals surface area contributed by atoms with E-state index in [-0.39, 0.29) is 17.8 Å². The second-order valence-corrected chi connectivity index (χ2v) is 7.76. The number of piperazine rings is 1. The lowest BCUT2D eigenvalue weighted by Gasteiger charge is -2.36. The van der Waals surface area contributed by atoms with Crippen LogP contribution in [0.4, 0.5) is 4.39 Å². The lowest BCUT2D eigenvalue weighted by Crippen LogP contribution is -2.48. The van der Waals surface area contributed by atoms with Gasteiger partial charge in [-0.05, 0) is 54.8 Å². The highest BCUT2D eigenvalue weighted by Crippen LogP contribution is 2.28. The van der Waals surface area contributed by atoms with Crippen LogP contribution in [0.25, 0.3) is 0 Å². The van der Waals surface area contributed by atoms with E-state index in [4.69, 9.17) is 0 Å². The fraction of sp³-hybridized carbons (Fsp3) is 0.435. The van der Waals surface area contributed by atoms with E-state index < -0.39 is 0 Å². The van der Waals surface area contributed by atoms with E-state index in [2.05, 4.69) is 29.3 Å². The van der Waals surface area contributed by atoms with Crippen molar-refractivity contribution in [3.05, 3.63) is 71.0 Å². The normalized spacial score (nSPS) is 19.8. The van der Waals surface area contributed by atoms with E-state index >= 15 is 0 Å². The Labute approximate surface area is 166 Å². The number of amides is 1. The van der Waals surface area contributed by atoms with Gasteiger partial charge in [-0.3, -0.25) is 9.69 Å². The van der Waals surface area contributed by atoms with Crippen LogP contribution >= 0.6 is 0 Å². The van der Waals surface area contributed by atoms with Gasteiger partial charge in [0.05, 0.1) is 6.04 Å². The van der Waals surface area contributed by atoms with Crippen LogP contribution in [0.3, 0.4) is 0 Å². The van der Waals surface area contributed by atoms with Gasteiger partial charge in [0.15, 0.2) is 0 Å². The second kappa shape index (κ2) is 8.41. The first-order valence-electron chi connectivity index (χ1n) is 10.3. The number of rotatable bonds is 6. The van der Waals surface area contributed by atoms with Crippen molar-refractivity contribution >= 4 is 5.91 Å². The zero-order chi connectivity index (χ0) is 19.5. The summed E-state index contributed by atoms with van der Waals surface area (Å²) < 4.78 is 13.7. The first-order chi connectivity index (χ1) is 13.7. The van der Waals surface area contributed by atoms with Crippen LogP contribution in [0.2, 0.25) is 0 Å². The number of nitrogens with one attached hydrogen (secondary N) is 1. The van der Waals surface area contributed by atoms with Crippen LogP contribution in [-0.2, 0) is 6.54 Å². The monoisotopic (exact) mass is 381 g/mol. The maximum atomic E-state index is 13.7. The molecule has 2 fully saturated rings. The minimum Gasteiger partial charge on any atom is -0.329 e. The molecule has 1 N–H and O–H groups in total. The Morgan fingerprint density at radius 3 is 2.68 bits per heavy atom. The Morgan fingerprint density at radius 1 is 1.21 bits per heavy atom. The number of hydrogen-bond donors (Lipinski definition) is 1. The maximum Gasteiger partial charge on any atom is 0.254 e. The lowest BCUT2D eigenvalue weighted by atomic mass is 10.0. The van der Waals surface area contributed by atoms with Crippen LogP contribution in [0.15, 0.2) is 48.5 Å². The van der Waals surface area contributed by atoms with E-state index in [1.54, 1.807) is 6.07 Å². The van der Waals surface area contributed by atoms with Gasteiger partial charge in [-0.1, -0.05) is 31.2 Å². The summed E-state index contributed by atoms with van der Waals surface area (Å²) in [5.41, 5.74) is 2.77. The van der Waals surface area contributed by atoms with E-state index in [0.29, 0.717) is 18.7 Å². The molecule has 5 heteroatoms. The maximum absolute atomic E-state index is 13.7. The number of nitrogens with zero attached hydrogens (tertiary/aromatic N) is 2. The van der Waals surface area contributed by atoms with Crippen molar-refractivity contribution in [3.63, 3.8) is 0 Å². The van der Waals surface area contributed by atoms with Crippen LogP contribution in [-0.4, -0.2) is 47.9 Å². The molecule has 1 aliphatic heterocycles. The summed E-state index contributed by atoms with van der Waals surface area (Å²) in [5, 5.41) is 3.32. The fourth-order valence-electron chi connectivity index (χ4n) is 4.05. The molecule has 4 nitrogen and oxygen atoms in total. The number of carbonyl (C=O) groups is 1. The van der Waals surface area contributed by atoms with Gasteiger partial charge < -0.3 is 10.2 Å². The summed E-state index contributed by atoms with van der Waals surface area (Å²) in [5.74, 6) is -0.257. The molecule has 2 aromatic rings. The molecule has 148 valence electrons. The number of hydrogen-bond acceptors (Lipinski definition) is 3. The van der Waals surface area contributed by atoms with Crippen LogP contribution in [0.5, 0.6) is 0 Å². The Balaban J connectivity index is 1.49. The molecule has 0 spiro atoms. The third kappa shape index (κ3) is 4.26. The average molecular weight is 381 g/mol. The molecule has 1 atom stereocenters. The zero-order valence-electron chi connectivity index (χ0n) is 16.4. The summed E-state index contributed by atoms with van der Waals surface area (Å²) in [7, 11) is 0. The van der Waals surface area contributed by atoms with Gasteiger partial charge in [0.1, 0.15) is 5.82 Å². The molecule has 0 radical (unpaired) electrons. The molecular weight excluding hydrogens is 353 g/mol. The van der Waals surface area contributed by atoms with E-state index in [1.165, 1.54) is 30.5 Å². The van der Waals surface area contributed by atoms with Gasteiger partial charge >= 0.3 is 0 Å². The molecule has 4 rings (SSSR count). The zero-order valence-corrected chi connectivity index (χ0v) is 16.4. The minimum absolute atomic E-state index is 0.0110. The smallest absolute Gasteiger partial charge is 0.254 e. The molecule has 1 unspecified atom stereocenters. The summed E-state index contributed by atoms with van der Waals surface area (Å²) in [6.45, 7) is 6.21. The summed E-state index contributed by atoms with van der Waals surface area (Å²) in [6.07, 6.45) is 2.60. The molecular formula is C23H28FN3O. The number of benzene rings is 2. The van der Waals surface area contributed by atoms with Gasteiger partial charge in [-0.2, -0.15) is 0 Å². The van der Waals surface area contributed by atoms with Gasteiger partial charge in [0.25, 0.3) is 5.91 Å². The summed E-state index contributed by atoms with van der Waals surface area (Å²) in [4.78, 5) is 17.5. The standard InChI is InChI=1S/C23H28FN3O/c1-2-26(21-10-11-21)16-17-6-8-18(9-7-17)23(28)27-13-12-25-15-22(27)19-4-3-5-20(24)14-19/h3-9,14,21-22,25H,2,10-13,15-16H2,1H3. The van der Waals surface area contributed by atoms with Crippen molar-refractivity contribution in [1.29, 1.82) is 0 Å². The Hall–Kier alpha value is -2.24. The van der Waals surface area contributed by atoms with Crippen molar-refractivity contribution in [2.24, 2.45) is 0 Å². The predicted octanol–water partition coefficient (Wildman–Crippen LogP) is 3.60. The highest BCUT2D eigenvalue weighted by atomic mass is 19.1. The molecule has 1 saturated carbocycles. The third-order valence-electron chi connectivity index (χ3n) is 5.79. The first kappa shape index (κ1) is 19.1. The molecule has 1 aliphatic carbocycles. The molecule has 2 aliphatic rings. The number of carbonyl (C=O) groups excluding carboxylic acids is 1. The van der Waals surface area contributed by atoms with Crippen LogP contribution in [0, 0.1) is 5.82 Å². The number of halogens is 1. The molecule has 0 bridgehead atoms. The Bertz CT molecular complexity index is 819. The van der Waals surface area contributed by atoms with Crippen molar-refractivity contribution in [2.75, 3.05) is 26.2 Å². The third-order valence-corrected chi connectivity index (χ3v) is 5.79. The molecule has 28 heavy (non-hydrogen) atoms. The van der Waals surface area contributed by atoms with Gasteiger partial charge in [0.2, 0.25) is 0 Å². The van der Waals surface area contributed by atoms with Gasteiger partial charge in [-0.25, -0.2) is 4.39 Å². The minimum atomic E-state index is -0.268. The second-order valence-electron chi connectivity index (χ2n) is 7.76. The van der Waals surface area contributed by atoms with E-state index in [9.17, 15) is 9.18 Å². The molecule has 1 amide bonds. The summed E-state index contributed by atoms with van der Waals surface area (Å²) >= 11 is 0. The highest BCUT2D eigenvalue weighted by Gasteiger charge is 2.29. The van der Waals surface area contributed by atoms with E-state index in [0.717, 1.165) is 31.2 Å². The molecule has 0 aromatic heterocycles.